The molecule has 13 rings (SSSR count). The van der Waals surface area contributed by atoms with Crippen molar-refractivity contribution >= 4 is 92.7 Å². The number of hydrogen-bond donors (Lipinski definition) is 0. The van der Waals surface area contributed by atoms with Crippen molar-refractivity contribution in [1.82, 2.24) is 4.57 Å². The lowest BCUT2D eigenvalue weighted by Gasteiger charge is -2.26. The molecule has 0 saturated carbocycles. The highest BCUT2D eigenvalue weighted by atomic mass is 15.1. The summed E-state index contributed by atoms with van der Waals surface area (Å²) in [6.07, 6.45) is 0. The van der Waals surface area contributed by atoms with E-state index in [1.54, 1.807) is 0 Å². The molecule has 0 aliphatic heterocycles. The van der Waals surface area contributed by atoms with E-state index in [2.05, 4.69) is 240 Å². The predicted molar refractivity (Wildman–Crippen MR) is 265 cm³/mol. The number of fused-ring (bicyclic) bond motifs is 7. The Morgan fingerprint density at radius 2 is 0.790 bits per heavy atom. The first kappa shape index (κ1) is 34.6. The van der Waals surface area contributed by atoms with Gasteiger partial charge in [0.2, 0.25) is 0 Å². The third-order valence-corrected chi connectivity index (χ3v) is 13.0. The van der Waals surface area contributed by atoms with Crippen molar-refractivity contribution in [1.29, 1.82) is 0 Å². The third-order valence-electron chi connectivity index (χ3n) is 13.0. The molecule has 12 aromatic carbocycles. The number of nitrogens with zero attached hydrogens (tertiary/aromatic N) is 2. The normalized spacial score (nSPS) is 11.9. The van der Waals surface area contributed by atoms with Crippen molar-refractivity contribution in [3.63, 3.8) is 0 Å². The van der Waals surface area contributed by atoms with E-state index in [-0.39, 0.29) is 0 Å². The summed E-state index contributed by atoms with van der Waals surface area (Å²) in [5.41, 5.74) is 11.8. The van der Waals surface area contributed by atoms with Crippen LogP contribution in [0.5, 0.6) is 0 Å². The first-order valence-corrected chi connectivity index (χ1v) is 21.4. The van der Waals surface area contributed by atoms with E-state index in [1.165, 1.54) is 97.9 Å². The van der Waals surface area contributed by atoms with E-state index in [0.29, 0.717) is 0 Å². The lowest BCUT2D eigenvalue weighted by Crippen LogP contribution is -2.09. The van der Waals surface area contributed by atoms with Crippen molar-refractivity contribution in [2.75, 3.05) is 4.90 Å². The zero-order valence-electron chi connectivity index (χ0n) is 33.8. The molecule has 0 spiro atoms. The predicted octanol–water partition coefficient (Wildman–Crippen LogP) is 16.8. The van der Waals surface area contributed by atoms with Crippen LogP contribution in [0.1, 0.15) is 0 Å². The summed E-state index contributed by atoms with van der Waals surface area (Å²) in [5.74, 6) is 0. The van der Waals surface area contributed by atoms with Crippen LogP contribution in [0.2, 0.25) is 0 Å². The minimum absolute atomic E-state index is 1.12. The summed E-state index contributed by atoms with van der Waals surface area (Å²) in [4.78, 5) is 2.35. The van der Waals surface area contributed by atoms with Gasteiger partial charge in [-0.15, -0.1) is 0 Å². The maximum Gasteiger partial charge on any atom is 0.0553 e. The van der Waals surface area contributed by atoms with Crippen LogP contribution in [-0.4, -0.2) is 4.57 Å². The van der Waals surface area contributed by atoms with Crippen LogP contribution in [-0.2, 0) is 0 Å². The molecule has 0 aliphatic rings. The van der Waals surface area contributed by atoms with Crippen LogP contribution in [0.15, 0.2) is 231 Å². The maximum atomic E-state index is 2.46. The lowest BCUT2D eigenvalue weighted by atomic mass is 9.92. The van der Waals surface area contributed by atoms with Crippen LogP contribution in [0.4, 0.5) is 17.1 Å². The maximum absolute atomic E-state index is 2.46. The molecule has 62 heavy (non-hydrogen) atoms. The molecule has 2 heteroatoms. The SMILES string of the molecule is c1ccc(-c2ccc(N(c3ccccc3)c3ccc4c(ccc5cc(-c6ccc7c8c9ccc%10cccc%11ccc(cc8n(-c8ccccc8)c7c6)c9c%11%10)ccc54)c3)cc2)cc1. The van der Waals surface area contributed by atoms with Gasteiger partial charge in [0.25, 0.3) is 0 Å². The van der Waals surface area contributed by atoms with Gasteiger partial charge in [-0.1, -0.05) is 164 Å². The fourth-order valence-electron chi connectivity index (χ4n) is 10.2. The van der Waals surface area contributed by atoms with Gasteiger partial charge < -0.3 is 9.47 Å². The summed E-state index contributed by atoms with van der Waals surface area (Å²) in [5, 5.41) is 15.4. The molecule has 13 aromatic rings. The summed E-state index contributed by atoms with van der Waals surface area (Å²) < 4.78 is 2.46. The van der Waals surface area contributed by atoms with Gasteiger partial charge in [0.15, 0.2) is 0 Å². The van der Waals surface area contributed by atoms with E-state index in [0.717, 1.165) is 22.7 Å². The average molecular weight is 787 g/mol. The molecule has 1 aromatic heterocycles. The summed E-state index contributed by atoms with van der Waals surface area (Å²) >= 11 is 0. The van der Waals surface area contributed by atoms with Gasteiger partial charge in [0.1, 0.15) is 0 Å². The molecule has 0 N–H and O–H groups in total. The zero-order chi connectivity index (χ0) is 40.7. The molecule has 0 unspecified atom stereocenters. The first-order valence-electron chi connectivity index (χ1n) is 21.4. The van der Waals surface area contributed by atoms with Gasteiger partial charge in [-0.05, 0) is 143 Å². The molecular formula is C60H38N2. The van der Waals surface area contributed by atoms with E-state index in [9.17, 15) is 0 Å². The van der Waals surface area contributed by atoms with Crippen LogP contribution < -0.4 is 4.90 Å². The molecule has 0 amide bonds. The van der Waals surface area contributed by atoms with Crippen LogP contribution in [0.25, 0.3) is 104 Å². The molecule has 0 fully saturated rings. The van der Waals surface area contributed by atoms with Crippen LogP contribution in [0.3, 0.4) is 0 Å². The van der Waals surface area contributed by atoms with Crippen molar-refractivity contribution in [2.45, 2.75) is 0 Å². The third kappa shape index (κ3) is 5.37. The first-order chi connectivity index (χ1) is 30.7. The van der Waals surface area contributed by atoms with E-state index in [4.69, 9.17) is 0 Å². The second-order valence-electron chi connectivity index (χ2n) is 16.5. The van der Waals surface area contributed by atoms with Gasteiger partial charge in [0.05, 0.1) is 11.0 Å². The molecule has 0 radical (unpaired) electrons. The fraction of sp³-hybridized carbons (Fsp3) is 0. The Hall–Kier alpha value is -8.20. The fourth-order valence-corrected chi connectivity index (χ4v) is 10.2. The van der Waals surface area contributed by atoms with Crippen molar-refractivity contribution in [3.8, 4) is 27.9 Å². The standard InChI is InChI=1S/C60H38N2/c1-4-11-39(12-5-1)40-23-28-50(29-24-40)61(48-15-6-2-7-16-48)51-30-34-53-46(36-51)21-20-45-35-43(26-31-52(45)53)44-27-32-54-56(37-44)62(49-17-8-3-9-18-49)57-38-47-22-19-41-13-10-14-42-25-33-55(60(54)57)59(47)58(41)42/h1-38H. The van der Waals surface area contributed by atoms with Gasteiger partial charge in [-0.2, -0.15) is 0 Å². The number of anilines is 3. The highest BCUT2D eigenvalue weighted by Crippen LogP contribution is 2.45. The quantitative estimate of drug-likeness (QED) is 0.152. The number of aromatic nitrogens is 1. The number of rotatable bonds is 6. The Balaban J connectivity index is 0.927. The number of hydrogen-bond acceptors (Lipinski definition) is 1. The highest BCUT2D eigenvalue weighted by molar-refractivity contribution is 6.33. The highest BCUT2D eigenvalue weighted by Gasteiger charge is 2.20. The Morgan fingerprint density at radius 3 is 1.55 bits per heavy atom. The Morgan fingerprint density at radius 1 is 0.258 bits per heavy atom. The summed E-state index contributed by atoms with van der Waals surface area (Å²) in [6, 6.07) is 84.7. The average Bonchev–Trinajstić information content (AvgIpc) is 3.67. The second kappa shape index (κ2) is 13.7. The van der Waals surface area contributed by atoms with Gasteiger partial charge in [0, 0.05) is 33.5 Å². The Bertz CT molecular complexity index is 3810. The van der Waals surface area contributed by atoms with E-state index < -0.39 is 0 Å². The van der Waals surface area contributed by atoms with Crippen molar-refractivity contribution in [2.24, 2.45) is 0 Å². The summed E-state index contributed by atoms with van der Waals surface area (Å²) in [6.45, 7) is 0. The second-order valence-corrected chi connectivity index (χ2v) is 16.5. The molecule has 1 heterocycles. The molecule has 0 atom stereocenters. The van der Waals surface area contributed by atoms with E-state index >= 15 is 0 Å². The topological polar surface area (TPSA) is 8.17 Å². The Kier molecular flexibility index (Phi) is 7.64. The molecule has 0 saturated heterocycles. The van der Waals surface area contributed by atoms with Crippen LogP contribution in [0, 0.1) is 0 Å². The van der Waals surface area contributed by atoms with Gasteiger partial charge in [-0.3, -0.25) is 0 Å². The summed E-state index contributed by atoms with van der Waals surface area (Å²) in [7, 11) is 0. The van der Waals surface area contributed by atoms with Gasteiger partial charge in [-0.25, -0.2) is 0 Å². The molecular weight excluding hydrogens is 749 g/mol. The molecule has 2 nitrogen and oxygen atoms in total. The molecule has 0 aliphatic carbocycles. The molecule has 0 bridgehead atoms. The monoisotopic (exact) mass is 786 g/mol. The molecule has 288 valence electrons. The Labute approximate surface area is 359 Å². The smallest absolute Gasteiger partial charge is 0.0553 e. The van der Waals surface area contributed by atoms with Crippen molar-refractivity contribution < 1.29 is 0 Å². The van der Waals surface area contributed by atoms with Crippen molar-refractivity contribution in [3.05, 3.63) is 231 Å². The minimum Gasteiger partial charge on any atom is -0.310 e. The van der Waals surface area contributed by atoms with Crippen LogP contribution >= 0.6 is 0 Å². The van der Waals surface area contributed by atoms with Gasteiger partial charge >= 0.3 is 0 Å². The largest absolute Gasteiger partial charge is 0.310 e. The zero-order valence-corrected chi connectivity index (χ0v) is 33.8. The minimum atomic E-state index is 1.12. The van der Waals surface area contributed by atoms with E-state index in [1.807, 2.05) is 0 Å². The number of para-hydroxylation sites is 2. The lowest BCUT2D eigenvalue weighted by molar-refractivity contribution is 1.18. The number of benzene rings is 12.